The molecule has 8 nitrogen and oxygen atoms in total. The largest absolute Gasteiger partial charge is 0.354 e. The van der Waals surface area contributed by atoms with Gasteiger partial charge in [0.25, 0.3) is 11.8 Å². The second-order valence-corrected chi connectivity index (χ2v) is 9.00. The Kier molecular flexibility index (Phi) is 6.58. The number of nitrogens with zero attached hydrogens (tertiary/aromatic N) is 4. The number of aromatic nitrogens is 2. The number of rotatable bonds is 6. The van der Waals surface area contributed by atoms with Crippen molar-refractivity contribution in [3.63, 3.8) is 0 Å². The van der Waals surface area contributed by atoms with Crippen LogP contribution in [0.4, 0.5) is 0 Å². The molecule has 3 amide bonds. The fourth-order valence-corrected chi connectivity index (χ4v) is 4.35. The third-order valence-corrected chi connectivity index (χ3v) is 6.02. The third kappa shape index (κ3) is 4.69. The van der Waals surface area contributed by atoms with Gasteiger partial charge >= 0.3 is 0 Å². The predicted molar refractivity (Wildman–Crippen MR) is 120 cm³/mol. The van der Waals surface area contributed by atoms with Crippen LogP contribution in [0.1, 0.15) is 59.7 Å². The van der Waals surface area contributed by atoms with Gasteiger partial charge in [-0.3, -0.25) is 19.1 Å². The summed E-state index contributed by atoms with van der Waals surface area (Å²) in [6.07, 6.45) is 2.20. The molecule has 4 rings (SSSR count). The van der Waals surface area contributed by atoms with Gasteiger partial charge in [-0.2, -0.15) is 5.10 Å². The van der Waals surface area contributed by atoms with Crippen LogP contribution in [0.3, 0.4) is 0 Å². The SMILES string of the molecule is CC(C)CNC(=O)C1CCCN1C(=O)c1cc2n(n1)CCCN(Cc1ccccc1)C2=O. The fraction of sp³-hybridized carbons (Fsp3) is 0.500. The van der Waals surface area contributed by atoms with Crippen molar-refractivity contribution in [3.8, 4) is 0 Å². The molecule has 1 atom stereocenters. The molecule has 0 radical (unpaired) electrons. The summed E-state index contributed by atoms with van der Waals surface area (Å²) in [4.78, 5) is 42.4. The van der Waals surface area contributed by atoms with Gasteiger partial charge in [-0.1, -0.05) is 44.2 Å². The van der Waals surface area contributed by atoms with Crippen molar-refractivity contribution in [1.29, 1.82) is 0 Å². The van der Waals surface area contributed by atoms with Crippen molar-refractivity contribution in [3.05, 3.63) is 53.3 Å². The number of hydrogen-bond acceptors (Lipinski definition) is 4. The number of hydrogen-bond donors (Lipinski definition) is 1. The molecule has 0 spiro atoms. The van der Waals surface area contributed by atoms with Crippen molar-refractivity contribution < 1.29 is 14.4 Å². The van der Waals surface area contributed by atoms with Crippen molar-refractivity contribution in [2.24, 2.45) is 5.92 Å². The summed E-state index contributed by atoms with van der Waals surface area (Å²) in [5, 5.41) is 7.40. The molecule has 8 heteroatoms. The summed E-state index contributed by atoms with van der Waals surface area (Å²) >= 11 is 0. The van der Waals surface area contributed by atoms with E-state index in [0.29, 0.717) is 50.8 Å². The molecule has 0 saturated carbocycles. The normalized spacial score (nSPS) is 18.6. The Bertz CT molecular complexity index is 985. The minimum absolute atomic E-state index is 0.115. The van der Waals surface area contributed by atoms with Gasteiger partial charge in [-0.05, 0) is 30.7 Å². The van der Waals surface area contributed by atoms with E-state index in [9.17, 15) is 14.4 Å². The Labute approximate surface area is 188 Å². The van der Waals surface area contributed by atoms with Gasteiger partial charge in [0.2, 0.25) is 5.91 Å². The van der Waals surface area contributed by atoms with Crippen LogP contribution >= 0.6 is 0 Å². The van der Waals surface area contributed by atoms with E-state index in [-0.39, 0.29) is 23.4 Å². The molecule has 1 fully saturated rings. The summed E-state index contributed by atoms with van der Waals surface area (Å²) in [6.45, 7) is 6.93. The summed E-state index contributed by atoms with van der Waals surface area (Å²) in [5.41, 5.74) is 1.73. The molecule has 32 heavy (non-hydrogen) atoms. The molecule has 2 aliphatic rings. The number of aryl methyl sites for hydroxylation is 1. The van der Waals surface area contributed by atoms with E-state index in [0.717, 1.165) is 18.4 Å². The van der Waals surface area contributed by atoms with Gasteiger partial charge in [0.05, 0.1) is 0 Å². The van der Waals surface area contributed by atoms with E-state index in [4.69, 9.17) is 0 Å². The molecular weight excluding hydrogens is 406 g/mol. The summed E-state index contributed by atoms with van der Waals surface area (Å²) < 4.78 is 1.64. The zero-order chi connectivity index (χ0) is 22.7. The molecule has 1 N–H and O–H groups in total. The molecule has 1 unspecified atom stereocenters. The zero-order valence-electron chi connectivity index (χ0n) is 18.8. The second-order valence-electron chi connectivity index (χ2n) is 9.00. The van der Waals surface area contributed by atoms with Crippen LogP contribution in [0.2, 0.25) is 0 Å². The highest BCUT2D eigenvalue weighted by Crippen LogP contribution is 2.22. The Morgan fingerprint density at radius 1 is 1.12 bits per heavy atom. The second kappa shape index (κ2) is 9.54. The Morgan fingerprint density at radius 3 is 2.66 bits per heavy atom. The van der Waals surface area contributed by atoms with E-state index >= 15 is 0 Å². The third-order valence-electron chi connectivity index (χ3n) is 6.02. The molecule has 0 aliphatic carbocycles. The van der Waals surface area contributed by atoms with Crippen molar-refractivity contribution in [2.45, 2.75) is 52.2 Å². The van der Waals surface area contributed by atoms with Crippen molar-refractivity contribution in [1.82, 2.24) is 24.9 Å². The lowest BCUT2D eigenvalue weighted by Gasteiger charge is -2.23. The van der Waals surface area contributed by atoms with Crippen molar-refractivity contribution >= 4 is 17.7 Å². The fourth-order valence-electron chi connectivity index (χ4n) is 4.35. The topological polar surface area (TPSA) is 87.5 Å². The average molecular weight is 438 g/mol. The van der Waals surface area contributed by atoms with E-state index < -0.39 is 6.04 Å². The van der Waals surface area contributed by atoms with Crippen LogP contribution in [0.5, 0.6) is 0 Å². The molecule has 3 heterocycles. The van der Waals surface area contributed by atoms with Crippen LogP contribution in [-0.2, 0) is 17.9 Å². The van der Waals surface area contributed by atoms with Gasteiger partial charge in [-0.25, -0.2) is 0 Å². The van der Waals surface area contributed by atoms with Crippen LogP contribution in [-0.4, -0.2) is 63.0 Å². The first-order valence-corrected chi connectivity index (χ1v) is 11.4. The van der Waals surface area contributed by atoms with Crippen LogP contribution in [0.25, 0.3) is 0 Å². The highest BCUT2D eigenvalue weighted by Gasteiger charge is 2.36. The lowest BCUT2D eigenvalue weighted by atomic mass is 10.1. The maximum absolute atomic E-state index is 13.2. The van der Waals surface area contributed by atoms with Gasteiger partial charge in [-0.15, -0.1) is 0 Å². The number of amides is 3. The lowest BCUT2D eigenvalue weighted by Crippen LogP contribution is -2.46. The number of carbonyl (C=O) groups is 3. The van der Waals surface area contributed by atoms with Gasteiger partial charge in [0.15, 0.2) is 5.69 Å². The first-order chi connectivity index (χ1) is 15.4. The number of carbonyl (C=O) groups excluding carboxylic acids is 3. The smallest absolute Gasteiger partial charge is 0.275 e. The van der Waals surface area contributed by atoms with Crippen LogP contribution < -0.4 is 5.32 Å². The average Bonchev–Trinajstić information content (AvgIpc) is 3.41. The number of likely N-dealkylation sites (tertiary alicyclic amines) is 1. The molecule has 1 saturated heterocycles. The van der Waals surface area contributed by atoms with Crippen molar-refractivity contribution in [2.75, 3.05) is 19.6 Å². The zero-order valence-corrected chi connectivity index (χ0v) is 18.8. The number of fused-ring (bicyclic) bond motifs is 1. The Balaban J connectivity index is 1.50. The molecule has 170 valence electrons. The van der Waals surface area contributed by atoms with E-state index in [1.54, 1.807) is 15.6 Å². The van der Waals surface area contributed by atoms with Crippen LogP contribution in [0.15, 0.2) is 36.4 Å². The lowest BCUT2D eigenvalue weighted by molar-refractivity contribution is -0.125. The maximum Gasteiger partial charge on any atom is 0.275 e. The Morgan fingerprint density at radius 2 is 1.91 bits per heavy atom. The Hall–Kier alpha value is -3.16. The number of benzene rings is 1. The minimum atomic E-state index is -0.479. The minimum Gasteiger partial charge on any atom is -0.354 e. The highest BCUT2D eigenvalue weighted by molar-refractivity contribution is 6.00. The first-order valence-electron chi connectivity index (χ1n) is 11.4. The summed E-state index contributed by atoms with van der Waals surface area (Å²) in [7, 11) is 0. The monoisotopic (exact) mass is 437 g/mol. The molecule has 1 aromatic carbocycles. The summed E-state index contributed by atoms with van der Waals surface area (Å²) in [6, 6.07) is 11.0. The molecular formula is C24H31N5O3. The molecule has 1 aromatic heterocycles. The van der Waals surface area contributed by atoms with Crippen LogP contribution in [0, 0.1) is 5.92 Å². The first kappa shape index (κ1) is 22.0. The molecule has 2 aliphatic heterocycles. The van der Waals surface area contributed by atoms with E-state index in [1.807, 2.05) is 49.1 Å². The van der Waals surface area contributed by atoms with E-state index in [1.165, 1.54) is 0 Å². The molecule has 2 aromatic rings. The van der Waals surface area contributed by atoms with Gasteiger partial charge < -0.3 is 15.1 Å². The van der Waals surface area contributed by atoms with Gasteiger partial charge in [0.1, 0.15) is 11.7 Å². The predicted octanol–water partition coefficient (Wildman–Crippen LogP) is 2.31. The summed E-state index contributed by atoms with van der Waals surface area (Å²) in [5.74, 6) is -0.172. The molecule has 0 bridgehead atoms. The highest BCUT2D eigenvalue weighted by atomic mass is 16.2. The standard InChI is InChI=1S/C24H31N5O3/c1-17(2)15-25-22(30)20-10-6-12-28(20)23(31)19-14-21-24(32)27(11-7-13-29(21)26-19)16-18-8-4-3-5-9-18/h3-5,8-9,14,17,20H,6-7,10-13,15-16H2,1-2H3,(H,25,30). The quantitative estimate of drug-likeness (QED) is 0.751. The van der Waals surface area contributed by atoms with E-state index in [2.05, 4.69) is 10.4 Å². The number of nitrogens with one attached hydrogen (secondary N) is 1. The maximum atomic E-state index is 13.2. The van der Waals surface area contributed by atoms with Gasteiger partial charge in [0, 0.05) is 38.8 Å².